The summed E-state index contributed by atoms with van der Waals surface area (Å²) >= 11 is 0. The Morgan fingerprint density at radius 1 is 0.264 bits per heavy atom. The van der Waals surface area contributed by atoms with Gasteiger partial charge in [0.05, 0.1) is 26.4 Å². The first-order chi connectivity index (χ1) is 53.3. The molecule has 3 N–H and O–H groups in total. The van der Waals surface area contributed by atoms with Crippen LogP contribution < -0.4 is 0 Å². The SMILES string of the molecule is CCCCCCCCCCCCCCCCCCCCCCC(=O)OC[C@H](COP(=O)(O)OC[C@@H](O)COP(=O)(O)OC[C@@H](COC(=O)CCCCCCCCC(C)CC)OC(=O)CCCCCCCCCCCCCCCCCCC(C)C)OC(=O)CCCCCCCCCCCCCCCCCCCCC(C)C. The van der Waals surface area contributed by atoms with Crippen molar-refractivity contribution in [3.05, 3.63) is 0 Å². The maximum absolute atomic E-state index is 13.2. The van der Waals surface area contributed by atoms with Gasteiger partial charge in [-0.2, -0.15) is 0 Å². The van der Waals surface area contributed by atoms with Gasteiger partial charge in [0, 0.05) is 25.7 Å². The van der Waals surface area contributed by atoms with Crippen molar-refractivity contribution in [1.29, 1.82) is 0 Å². The monoisotopic (exact) mass is 1610 g/mol. The molecular formula is C91H178O17P2. The summed E-state index contributed by atoms with van der Waals surface area (Å²) in [6.07, 6.45) is 73.8. The van der Waals surface area contributed by atoms with E-state index in [0.717, 1.165) is 114 Å². The number of esters is 4. The summed E-state index contributed by atoms with van der Waals surface area (Å²) in [5, 5.41) is 10.7. The van der Waals surface area contributed by atoms with Crippen LogP contribution in [-0.4, -0.2) is 96.7 Å². The fourth-order valence-electron chi connectivity index (χ4n) is 14.2. The molecule has 19 heteroatoms. The average molecular weight is 1610 g/mol. The topological polar surface area (TPSA) is 237 Å². The number of aliphatic hydroxyl groups is 1. The zero-order valence-electron chi connectivity index (χ0n) is 72.7. The molecule has 6 atom stereocenters. The summed E-state index contributed by atoms with van der Waals surface area (Å²) in [6, 6.07) is 0. The number of phosphoric ester groups is 2. The van der Waals surface area contributed by atoms with E-state index in [1.54, 1.807) is 0 Å². The van der Waals surface area contributed by atoms with Crippen molar-refractivity contribution < 1.29 is 80.2 Å². The van der Waals surface area contributed by atoms with Gasteiger partial charge in [0.2, 0.25) is 0 Å². The maximum atomic E-state index is 13.2. The van der Waals surface area contributed by atoms with Crippen molar-refractivity contribution in [1.82, 2.24) is 0 Å². The standard InChI is InChI=1S/C91H178O17P2/c1-8-10-11-12-13-14-15-16-17-18-19-20-24-30-35-40-45-50-58-65-72-88(93)101-78-86(107-90(95)74-67-60-51-46-41-36-31-25-22-21-23-28-33-38-43-48-55-62-69-82(3)4)80-105-109(97,98)103-76-85(92)77-104-110(99,100)106-81-87(79-102-89(94)73-66-59-54-53-57-64-71-84(7)9-2)108-91(96)75-68-61-52-47-42-37-32-27-26-29-34-39-44-49-56-63-70-83(5)6/h82-87,92H,8-81H2,1-7H3,(H,97,98)(H,99,100)/t84?,85-,86-,87-/m1/s1. The van der Waals surface area contributed by atoms with Crippen molar-refractivity contribution in [2.45, 2.75) is 503 Å². The summed E-state index contributed by atoms with van der Waals surface area (Å²) < 4.78 is 69.0. The highest BCUT2D eigenvalue weighted by molar-refractivity contribution is 7.47. The highest BCUT2D eigenvalue weighted by atomic mass is 31.2. The number of hydrogen-bond donors (Lipinski definition) is 3. The Bertz CT molecular complexity index is 2120. The minimum Gasteiger partial charge on any atom is -0.462 e. The van der Waals surface area contributed by atoms with Gasteiger partial charge < -0.3 is 33.8 Å². The lowest BCUT2D eigenvalue weighted by molar-refractivity contribution is -0.161. The molecule has 0 aromatic heterocycles. The van der Waals surface area contributed by atoms with Crippen LogP contribution in [0.3, 0.4) is 0 Å². The van der Waals surface area contributed by atoms with Crippen LogP contribution >= 0.6 is 15.6 Å². The lowest BCUT2D eigenvalue weighted by Crippen LogP contribution is -2.30. The van der Waals surface area contributed by atoms with Gasteiger partial charge in [0.15, 0.2) is 12.2 Å². The van der Waals surface area contributed by atoms with Crippen molar-refractivity contribution in [2.75, 3.05) is 39.6 Å². The van der Waals surface area contributed by atoms with E-state index >= 15 is 0 Å². The van der Waals surface area contributed by atoms with Gasteiger partial charge in [-0.3, -0.25) is 37.3 Å². The number of ether oxygens (including phenoxy) is 4. The Hall–Kier alpha value is -1.94. The van der Waals surface area contributed by atoms with Gasteiger partial charge >= 0.3 is 39.5 Å². The molecule has 0 rings (SSSR count). The van der Waals surface area contributed by atoms with Crippen LogP contribution in [-0.2, 0) is 65.4 Å². The van der Waals surface area contributed by atoms with Crippen LogP contribution in [0.1, 0.15) is 485 Å². The second-order valence-electron chi connectivity index (χ2n) is 33.9. The molecule has 110 heavy (non-hydrogen) atoms. The third kappa shape index (κ3) is 82.6. The predicted molar refractivity (Wildman–Crippen MR) is 455 cm³/mol. The molecule has 654 valence electrons. The summed E-state index contributed by atoms with van der Waals surface area (Å²) in [6.45, 7) is 12.0. The van der Waals surface area contributed by atoms with Gasteiger partial charge in [-0.05, 0) is 43.4 Å². The van der Waals surface area contributed by atoms with Crippen molar-refractivity contribution in [2.24, 2.45) is 17.8 Å². The van der Waals surface area contributed by atoms with Gasteiger partial charge in [0.1, 0.15) is 19.3 Å². The summed E-state index contributed by atoms with van der Waals surface area (Å²) in [5.41, 5.74) is 0. The van der Waals surface area contributed by atoms with E-state index in [4.69, 9.17) is 37.0 Å². The number of phosphoric acid groups is 2. The molecule has 0 aromatic carbocycles. The van der Waals surface area contributed by atoms with Crippen molar-refractivity contribution >= 4 is 39.5 Å². The molecule has 0 radical (unpaired) electrons. The summed E-state index contributed by atoms with van der Waals surface area (Å²) in [5.74, 6) is 0.260. The van der Waals surface area contributed by atoms with E-state index in [1.807, 2.05) is 0 Å². The fourth-order valence-corrected chi connectivity index (χ4v) is 15.8. The third-order valence-electron chi connectivity index (χ3n) is 21.7. The van der Waals surface area contributed by atoms with Crippen LogP contribution in [0.15, 0.2) is 0 Å². The first-order valence-electron chi connectivity index (χ1n) is 46.9. The van der Waals surface area contributed by atoms with Crippen LogP contribution in [0.25, 0.3) is 0 Å². The molecule has 0 saturated heterocycles. The maximum Gasteiger partial charge on any atom is 0.472 e. The van der Waals surface area contributed by atoms with Crippen molar-refractivity contribution in [3.63, 3.8) is 0 Å². The van der Waals surface area contributed by atoms with Gasteiger partial charge in [-0.25, -0.2) is 9.13 Å². The molecule has 0 bridgehead atoms. The molecule has 17 nitrogen and oxygen atoms in total. The van der Waals surface area contributed by atoms with E-state index in [-0.39, 0.29) is 25.7 Å². The zero-order chi connectivity index (χ0) is 80.8. The average Bonchev–Trinajstić information content (AvgIpc) is 0.899. The highest BCUT2D eigenvalue weighted by Gasteiger charge is 2.31. The minimum atomic E-state index is -4.97. The van der Waals surface area contributed by atoms with Crippen molar-refractivity contribution in [3.8, 4) is 0 Å². The predicted octanol–water partition coefficient (Wildman–Crippen LogP) is 28.0. The Morgan fingerprint density at radius 2 is 0.464 bits per heavy atom. The van der Waals surface area contributed by atoms with E-state index in [0.29, 0.717) is 25.7 Å². The number of carbonyl (C=O) groups excluding carboxylic acids is 4. The fraction of sp³-hybridized carbons (Fsp3) is 0.956. The van der Waals surface area contributed by atoms with Crippen LogP contribution in [0, 0.1) is 17.8 Å². The molecule has 0 fully saturated rings. The Balaban J connectivity index is 5.22. The molecule has 0 aliphatic rings. The van der Waals surface area contributed by atoms with E-state index in [1.165, 1.54) is 289 Å². The number of hydrogen-bond acceptors (Lipinski definition) is 15. The lowest BCUT2D eigenvalue weighted by atomic mass is 10.00. The Morgan fingerprint density at radius 3 is 0.691 bits per heavy atom. The normalized spacial score (nSPS) is 14.0. The summed E-state index contributed by atoms with van der Waals surface area (Å²) in [4.78, 5) is 73.4. The second-order valence-corrected chi connectivity index (χ2v) is 36.8. The zero-order valence-corrected chi connectivity index (χ0v) is 74.5. The number of carbonyl (C=O) groups is 4. The van der Waals surface area contributed by atoms with E-state index in [2.05, 4.69) is 48.5 Å². The Labute approximate surface area is 677 Å². The Kier molecular flexibility index (Phi) is 79.4. The number of rotatable bonds is 89. The molecule has 0 aromatic rings. The molecule has 3 unspecified atom stereocenters. The van der Waals surface area contributed by atoms with Crippen LogP contribution in [0.2, 0.25) is 0 Å². The number of unbranched alkanes of at least 4 members (excludes halogenated alkanes) is 56. The van der Waals surface area contributed by atoms with Crippen LogP contribution in [0.5, 0.6) is 0 Å². The summed E-state index contributed by atoms with van der Waals surface area (Å²) in [7, 11) is -9.94. The lowest BCUT2D eigenvalue weighted by Gasteiger charge is -2.21. The molecule has 0 amide bonds. The van der Waals surface area contributed by atoms with E-state index < -0.39 is 97.5 Å². The molecule has 0 aliphatic heterocycles. The van der Waals surface area contributed by atoms with Crippen LogP contribution in [0.4, 0.5) is 0 Å². The highest BCUT2D eigenvalue weighted by Crippen LogP contribution is 2.45. The third-order valence-corrected chi connectivity index (χ3v) is 23.6. The van der Waals surface area contributed by atoms with E-state index in [9.17, 15) is 43.2 Å². The molecule has 0 aliphatic carbocycles. The van der Waals surface area contributed by atoms with Gasteiger partial charge in [0.25, 0.3) is 0 Å². The molecule has 0 spiro atoms. The number of aliphatic hydroxyl groups excluding tert-OH is 1. The second kappa shape index (κ2) is 80.8. The quantitative estimate of drug-likeness (QED) is 0.0222. The smallest absolute Gasteiger partial charge is 0.462 e. The first kappa shape index (κ1) is 108. The molecule has 0 saturated carbocycles. The largest absolute Gasteiger partial charge is 0.472 e. The molecular weight excluding hydrogens is 1430 g/mol. The van der Waals surface area contributed by atoms with Gasteiger partial charge in [-0.15, -0.1) is 0 Å². The first-order valence-corrected chi connectivity index (χ1v) is 49.9. The minimum absolute atomic E-state index is 0.107. The molecule has 0 heterocycles. The van der Waals surface area contributed by atoms with Gasteiger partial charge in [-0.1, -0.05) is 434 Å².